The molecular formula is C15H20N2OS. The summed E-state index contributed by atoms with van der Waals surface area (Å²) in [6.45, 7) is 8.39. The zero-order valence-corrected chi connectivity index (χ0v) is 12.5. The fourth-order valence-corrected chi connectivity index (χ4v) is 3.27. The molecule has 3 rings (SSSR count). The maximum absolute atomic E-state index is 5.52. The lowest BCUT2D eigenvalue weighted by Gasteiger charge is -2.03. The first-order valence-corrected chi connectivity index (χ1v) is 7.67. The van der Waals surface area contributed by atoms with Gasteiger partial charge in [0.05, 0.1) is 16.8 Å². The smallest absolute Gasteiger partial charge is 0.183 e. The number of hydrogen-bond acceptors (Lipinski definition) is 4. The van der Waals surface area contributed by atoms with Crippen molar-refractivity contribution >= 4 is 26.7 Å². The van der Waals surface area contributed by atoms with Crippen LogP contribution in [-0.2, 0) is 0 Å². The highest BCUT2D eigenvalue weighted by atomic mass is 32.1. The van der Waals surface area contributed by atoms with Gasteiger partial charge in [-0.2, -0.15) is 0 Å². The van der Waals surface area contributed by atoms with Gasteiger partial charge in [0.2, 0.25) is 0 Å². The first kappa shape index (κ1) is 12.7. The molecule has 1 fully saturated rings. The van der Waals surface area contributed by atoms with Gasteiger partial charge in [-0.1, -0.05) is 25.2 Å². The number of aromatic nitrogens is 1. The van der Waals surface area contributed by atoms with E-state index in [0.717, 1.165) is 28.9 Å². The minimum Gasteiger partial charge on any atom is -0.494 e. The Morgan fingerprint density at radius 1 is 1.47 bits per heavy atom. The minimum atomic E-state index is 0.520. The summed E-state index contributed by atoms with van der Waals surface area (Å²) < 4.78 is 6.70. The van der Waals surface area contributed by atoms with E-state index in [1.54, 1.807) is 11.3 Å². The molecule has 1 aliphatic carbocycles. The average Bonchev–Trinajstić information content (AvgIpc) is 2.81. The monoisotopic (exact) mass is 276 g/mol. The first-order valence-electron chi connectivity index (χ1n) is 6.86. The molecule has 0 radical (unpaired) electrons. The van der Waals surface area contributed by atoms with Crippen molar-refractivity contribution in [3.05, 3.63) is 18.2 Å². The van der Waals surface area contributed by atoms with Gasteiger partial charge in [-0.3, -0.25) is 0 Å². The van der Waals surface area contributed by atoms with Crippen LogP contribution in [-0.4, -0.2) is 18.1 Å². The summed E-state index contributed by atoms with van der Waals surface area (Å²) in [5.41, 5.74) is 1.57. The molecule has 0 spiro atoms. The van der Waals surface area contributed by atoms with Crippen LogP contribution in [0.2, 0.25) is 0 Å². The third-order valence-corrected chi connectivity index (χ3v) is 4.86. The van der Waals surface area contributed by atoms with Gasteiger partial charge >= 0.3 is 0 Å². The lowest BCUT2D eigenvalue weighted by molar-refractivity contribution is 0.341. The number of rotatable bonds is 5. The molecular weight excluding hydrogens is 256 g/mol. The van der Waals surface area contributed by atoms with Crippen molar-refractivity contribution < 1.29 is 4.74 Å². The van der Waals surface area contributed by atoms with Crippen LogP contribution in [0, 0.1) is 11.3 Å². The second kappa shape index (κ2) is 4.67. The molecule has 1 N–H and O–H groups in total. The first-order chi connectivity index (χ1) is 9.08. The fourth-order valence-electron chi connectivity index (χ4n) is 2.37. The largest absolute Gasteiger partial charge is 0.494 e. The van der Waals surface area contributed by atoms with Gasteiger partial charge in [0.15, 0.2) is 5.13 Å². The minimum absolute atomic E-state index is 0.520. The maximum atomic E-state index is 5.52. The molecule has 1 atom stereocenters. The van der Waals surface area contributed by atoms with Crippen molar-refractivity contribution in [3.63, 3.8) is 0 Å². The molecule has 3 nitrogen and oxygen atoms in total. The molecule has 0 bridgehead atoms. The zero-order chi connectivity index (χ0) is 13.5. The van der Waals surface area contributed by atoms with Gasteiger partial charge in [0.25, 0.3) is 0 Å². The van der Waals surface area contributed by atoms with Crippen LogP contribution in [0.3, 0.4) is 0 Å². The highest BCUT2D eigenvalue weighted by molar-refractivity contribution is 7.22. The predicted molar refractivity (Wildman–Crippen MR) is 81.2 cm³/mol. The lowest BCUT2D eigenvalue weighted by atomic mass is 10.1. The third-order valence-electron chi connectivity index (χ3n) is 3.89. The van der Waals surface area contributed by atoms with E-state index < -0.39 is 0 Å². The Labute approximate surface area is 118 Å². The number of ether oxygens (including phenoxy) is 1. The Morgan fingerprint density at radius 2 is 2.26 bits per heavy atom. The molecule has 4 heteroatoms. The van der Waals surface area contributed by atoms with Gasteiger partial charge < -0.3 is 10.1 Å². The molecule has 0 aliphatic heterocycles. The molecule has 1 aromatic heterocycles. The predicted octanol–water partition coefficient (Wildman–Crippen LogP) is 4.15. The van der Waals surface area contributed by atoms with Gasteiger partial charge in [-0.15, -0.1) is 0 Å². The van der Waals surface area contributed by atoms with E-state index in [0.29, 0.717) is 12.0 Å². The number of hydrogen-bond donors (Lipinski definition) is 1. The van der Waals surface area contributed by atoms with Gasteiger partial charge in [0, 0.05) is 6.54 Å². The molecule has 1 saturated carbocycles. The van der Waals surface area contributed by atoms with Crippen LogP contribution in [0.15, 0.2) is 18.2 Å². The van der Waals surface area contributed by atoms with Crippen molar-refractivity contribution in [2.45, 2.75) is 27.2 Å². The maximum Gasteiger partial charge on any atom is 0.183 e. The molecule has 0 amide bonds. The molecule has 19 heavy (non-hydrogen) atoms. The van der Waals surface area contributed by atoms with Crippen molar-refractivity contribution in [2.24, 2.45) is 11.3 Å². The summed E-state index contributed by atoms with van der Waals surface area (Å²) in [5, 5.41) is 4.49. The van der Waals surface area contributed by atoms with E-state index in [4.69, 9.17) is 4.74 Å². The lowest BCUT2D eigenvalue weighted by Crippen LogP contribution is -2.06. The van der Waals surface area contributed by atoms with Crippen molar-refractivity contribution in [3.8, 4) is 5.75 Å². The molecule has 1 heterocycles. The molecule has 1 aromatic carbocycles. The summed E-state index contributed by atoms with van der Waals surface area (Å²) in [5.74, 6) is 1.71. The van der Waals surface area contributed by atoms with Crippen molar-refractivity contribution in [1.82, 2.24) is 4.98 Å². The van der Waals surface area contributed by atoms with Crippen LogP contribution < -0.4 is 10.1 Å². The van der Waals surface area contributed by atoms with E-state index in [1.807, 2.05) is 19.1 Å². The van der Waals surface area contributed by atoms with Crippen molar-refractivity contribution in [2.75, 3.05) is 18.5 Å². The number of fused-ring (bicyclic) bond motifs is 1. The topological polar surface area (TPSA) is 34.1 Å². The highest BCUT2D eigenvalue weighted by Crippen LogP contribution is 2.51. The van der Waals surface area contributed by atoms with Crippen LogP contribution >= 0.6 is 11.3 Å². The summed E-state index contributed by atoms with van der Waals surface area (Å²) >= 11 is 1.70. The molecule has 1 aliphatic rings. The van der Waals surface area contributed by atoms with E-state index in [9.17, 15) is 0 Å². The molecule has 2 aromatic rings. The SMILES string of the molecule is CCOc1ccc2nc(NCC3CC3(C)C)sc2c1. The van der Waals surface area contributed by atoms with Crippen LogP contribution in [0.1, 0.15) is 27.2 Å². The second-order valence-electron chi connectivity index (χ2n) is 5.85. The summed E-state index contributed by atoms with van der Waals surface area (Å²) in [6, 6.07) is 6.09. The number of benzene rings is 1. The Morgan fingerprint density at radius 3 is 2.95 bits per heavy atom. The Bertz CT molecular complexity index is 591. The summed E-state index contributed by atoms with van der Waals surface area (Å²) in [4.78, 5) is 4.61. The van der Waals surface area contributed by atoms with Crippen LogP contribution in [0.5, 0.6) is 5.75 Å². The summed E-state index contributed by atoms with van der Waals surface area (Å²) in [6.07, 6.45) is 1.32. The number of anilines is 1. The zero-order valence-electron chi connectivity index (χ0n) is 11.7. The number of thiazole rings is 1. The van der Waals surface area contributed by atoms with Crippen LogP contribution in [0.25, 0.3) is 10.2 Å². The Hall–Kier alpha value is -1.29. The summed E-state index contributed by atoms with van der Waals surface area (Å²) in [7, 11) is 0. The number of nitrogens with zero attached hydrogens (tertiary/aromatic N) is 1. The molecule has 102 valence electrons. The third kappa shape index (κ3) is 2.68. The van der Waals surface area contributed by atoms with Gasteiger partial charge in [-0.25, -0.2) is 4.98 Å². The van der Waals surface area contributed by atoms with E-state index in [1.165, 1.54) is 11.1 Å². The second-order valence-corrected chi connectivity index (χ2v) is 6.88. The quantitative estimate of drug-likeness (QED) is 0.890. The van der Waals surface area contributed by atoms with E-state index in [2.05, 4.69) is 30.2 Å². The van der Waals surface area contributed by atoms with Crippen LogP contribution in [0.4, 0.5) is 5.13 Å². The van der Waals surface area contributed by atoms with E-state index in [-0.39, 0.29) is 0 Å². The molecule has 0 saturated heterocycles. The standard InChI is InChI=1S/C15H20N2OS/c1-4-18-11-5-6-12-13(7-11)19-14(17-12)16-9-10-8-15(10,2)3/h5-7,10H,4,8-9H2,1-3H3,(H,16,17). The van der Waals surface area contributed by atoms with Gasteiger partial charge in [0.1, 0.15) is 5.75 Å². The normalized spacial score (nSPS) is 20.5. The average molecular weight is 276 g/mol. The Balaban J connectivity index is 1.70. The molecule has 1 unspecified atom stereocenters. The van der Waals surface area contributed by atoms with Crippen molar-refractivity contribution in [1.29, 1.82) is 0 Å². The Kier molecular flexibility index (Phi) is 3.13. The fraction of sp³-hybridized carbons (Fsp3) is 0.533. The van der Waals surface area contributed by atoms with Gasteiger partial charge in [-0.05, 0) is 42.9 Å². The highest BCUT2D eigenvalue weighted by Gasteiger charge is 2.45. The number of nitrogens with one attached hydrogen (secondary N) is 1. The van der Waals surface area contributed by atoms with E-state index >= 15 is 0 Å².